The van der Waals surface area contributed by atoms with Crippen molar-refractivity contribution in [2.24, 2.45) is 0 Å². The van der Waals surface area contributed by atoms with Crippen molar-refractivity contribution < 1.29 is 4.39 Å². The van der Waals surface area contributed by atoms with Crippen LogP contribution in [0.5, 0.6) is 0 Å². The maximum atomic E-state index is 13.2. The monoisotopic (exact) mass is 193 g/mol. The SMILES string of the molecule is N#Cc1cc(F)c2sc(N)nc2c1. The molecule has 13 heavy (non-hydrogen) atoms. The van der Waals surface area contributed by atoms with Gasteiger partial charge in [-0.2, -0.15) is 5.26 Å². The number of aromatic nitrogens is 1. The molecule has 2 aromatic rings. The summed E-state index contributed by atoms with van der Waals surface area (Å²) in [6, 6.07) is 4.55. The van der Waals surface area contributed by atoms with Crippen molar-refractivity contribution in [3.05, 3.63) is 23.5 Å². The fourth-order valence-corrected chi connectivity index (χ4v) is 1.79. The Morgan fingerprint density at radius 3 is 3.00 bits per heavy atom. The molecule has 5 heteroatoms. The molecule has 0 fully saturated rings. The summed E-state index contributed by atoms with van der Waals surface area (Å²) in [5.41, 5.74) is 6.11. The maximum Gasteiger partial charge on any atom is 0.181 e. The van der Waals surface area contributed by atoms with Crippen LogP contribution in [0.3, 0.4) is 0 Å². The molecule has 0 radical (unpaired) electrons. The Kier molecular flexibility index (Phi) is 1.64. The highest BCUT2D eigenvalue weighted by atomic mass is 32.1. The molecule has 0 aliphatic rings. The molecule has 0 saturated carbocycles. The highest BCUT2D eigenvalue weighted by Crippen LogP contribution is 2.27. The second-order valence-electron chi connectivity index (χ2n) is 2.47. The molecule has 1 aromatic carbocycles. The molecule has 2 rings (SSSR count). The van der Waals surface area contributed by atoms with Crippen LogP contribution in [-0.2, 0) is 0 Å². The second kappa shape index (κ2) is 2.68. The normalized spacial score (nSPS) is 10.2. The van der Waals surface area contributed by atoms with E-state index < -0.39 is 5.82 Å². The van der Waals surface area contributed by atoms with Gasteiger partial charge in [0.05, 0.1) is 21.8 Å². The first-order valence-electron chi connectivity index (χ1n) is 3.46. The Balaban J connectivity index is 2.85. The van der Waals surface area contributed by atoms with Crippen LogP contribution in [-0.4, -0.2) is 4.98 Å². The van der Waals surface area contributed by atoms with Gasteiger partial charge in [0.2, 0.25) is 0 Å². The van der Waals surface area contributed by atoms with Gasteiger partial charge in [-0.3, -0.25) is 0 Å². The van der Waals surface area contributed by atoms with Gasteiger partial charge in [0.15, 0.2) is 5.13 Å². The summed E-state index contributed by atoms with van der Waals surface area (Å²) in [5.74, 6) is -0.441. The first-order chi connectivity index (χ1) is 6.20. The molecule has 0 aliphatic carbocycles. The smallest absolute Gasteiger partial charge is 0.181 e. The van der Waals surface area contributed by atoms with Crippen LogP contribution in [0.25, 0.3) is 10.2 Å². The van der Waals surface area contributed by atoms with Crippen LogP contribution < -0.4 is 5.73 Å². The van der Waals surface area contributed by atoms with Crippen molar-refractivity contribution in [2.75, 3.05) is 5.73 Å². The highest BCUT2D eigenvalue weighted by Gasteiger charge is 2.08. The van der Waals surface area contributed by atoms with E-state index in [-0.39, 0.29) is 5.56 Å². The topological polar surface area (TPSA) is 62.7 Å². The predicted octanol–water partition coefficient (Wildman–Crippen LogP) is 1.89. The minimum Gasteiger partial charge on any atom is -0.375 e. The summed E-state index contributed by atoms with van der Waals surface area (Å²) in [6.45, 7) is 0. The molecule has 3 nitrogen and oxygen atoms in total. The van der Waals surface area contributed by atoms with Crippen LogP contribution in [0.2, 0.25) is 0 Å². The number of rotatable bonds is 0. The van der Waals surface area contributed by atoms with Gasteiger partial charge in [0, 0.05) is 0 Å². The van der Waals surface area contributed by atoms with Gasteiger partial charge in [-0.05, 0) is 12.1 Å². The molecule has 2 N–H and O–H groups in total. The van der Waals surface area contributed by atoms with Crippen LogP contribution in [0, 0.1) is 17.1 Å². The molecule has 1 heterocycles. The molecule has 64 valence electrons. The van der Waals surface area contributed by atoms with Gasteiger partial charge in [0.1, 0.15) is 5.82 Å². The van der Waals surface area contributed by atoms with Crippen molar-refractivity contribution in [3.63, 3.8) is 0 Å². The summed E-state index contributed by atoms with van der Waals surface area (Å²) in [7, 11) is 0. The number of nitrogens with zero attached hydrogens (tertiary/aromatic N) is 2. The third kappa shape index (κ3) is 1.21. The van der Waals surface area contributed by atoms with Gasteiger partial charge in [-0.25, -0.2) is 9.37 Å². The molecule has 0 spiro atoms. The van der Waals surface area contributed by atoms with Crippen LogP contribution in [0.15, 0.2) is 12.1 Å². The average Bonchev–Trinajstić information content (AvgIpc) is 2.46. The van der Waals surface area contributed by atoms with E-state index >= 15 is 0 Å². The van der Waals surface area contributed by atoms with Crippen molar-refractivity contribution in [1.29, 1.82) is 5.26 Å². The number of benzene rings is 1. The standard InChI is InChI=1S/C8H4FN3S/c9-5-1-4(3-10)2-6-7(5)13-8(11)12-6/h1-2H,(H2,11,12). The lowest BCUT2D eigenvalue weighted by Gasteiger charge is -1.90. The van der Waals surface area contributed by atoms with E-state index in [9.17, 15) is 4.39 Å². The van der Waals surface area contributed by atoms with Crippen molar-refractivity contribution >= 4 is 26.7 Å². The van der Waals surface area contributed by atoms with E-state index in [1.165, 1.54) is 12.1 Å². The zero-order chi connectivity index (χ0) is 9.42. The van der Waals surface area contributed by atoms with E-state index in [0.717, 1.165) is 11.3 Å². The fraction of sp³-hybridized carbons (Fsp3) is 0. The summed E-state index contributed by atoms with van der Waals surface area (Å²) >= 11 is 1.08. The Bertz CT molecular complexity index is 512. The van der Waals surface area contributed by atoms with Gasteiger partial charge < -0.3 is 5.73 Å². The quantitative estimate of drug-likeness (QED) is 0.694. The van der Waals surface area contributed by atoms with Crippen molar-refractivity contribution in [2.45, 2.75) is 0 Å². The van der Waals surface area contributed by atoms with Gasteiger partial charge in [0.25, 0.3) is 0 Å². The molecule has 0 atom stereocenters. The lowest BCUT2D eigenvalue weighted by molar-refractivity contribution is 0.641. The number of hydrogen-bond donors (Lipinski definition) is 1. The first-order valence-corrected chi connectivity index (χ1v) is 4.28. The molecular weight excluding hydrogens is 189 g/mol. The Morgan fingerprint density at radius 1 is 1.54 bits per heavy atom. The number of nitrogen functional groups attached to an aromatic ring is 1. The molecule has 0 unspecified atom stereocenters. The molecule has 0 bridgehead atoms. The van der Waals surface area contributed by atoms with E-state index in [2.05, 4.69) is 4.98 Å². The Labute approximate surface area is 77.2 Å². The van der Waals surface area contributed by atoms with E-state index in [4.69, 9.17) is 11.0 Å². The Morgan fingerprint density at radius 2 is 2.31 bits per heavy atom. The van der Waals surface area contributed by atoms with Crippen molar-refractivity contribution in [1.82, 2.24) is 4.98 Å². The number of anilines is 1. The fourth-order valence-electron chi connectivity index (χ4n) is 1.07. The largest absolute Gasteiger partial charge is 0.375 e. The zero-order valence-corrected chi connectivity index (χ0v) is 7.23. The minimum absolute atomic E-state index is 0.260. The van der Waals surface area contributed by atoms with Gasteiger partial charge in [-0.1, -0.05) is 11.3 Å². The number of halogens is 1. The molecular formula is C8H4FN3S. The third-order valence-electron chi connectivity index (χ3n) is 1.59. The van der Waals surface area contributed by atoms with Crippen LogP contribution in [0.4, 0.5) is 9.52 Å². The number of hydrogen-bond acceptors (Lipinski definition) is 4. The third-order valence-corrected chi connectivity index (χ3v) is 2.50. The minimum atomic E-state index is -0.441. The Hall–Kier alpha value is -1.67. The second-order valence-corrected chi connectivity index (χ2v) is 3.50. The zero-order valence-electron chi connectivity index (χ0n) is 6.41. The predicted molar refractivity (Wildman–Crippen MR) is 48.7 cm³/mol. The maximum absolute atomic E-state index is 13.2. The van der Waals surface area contributed by atoms with Crippen molar-refractivity contribution in [3.8, 4) is 6.07 Å². The molecule has 0 amide bonds. The first kappa shape index (κ1) is 7.95. The van der Waals surface area contributed by atoms with Crippen LogP contribution in [0.1, 0.15) is 5.56 Å². The summed E-state index contributed by atoms with van der Waals surface area (Å²) in [5, 5.41) is 8.87. The summed E-state index contributed by atoms with van der Waals surface area (Å²) in [4.78, 5) is 3.89. The molecule has 0 saturated heterocycles. The summed E-state index contributed by atoms with van der Waals surface area (Å²) < 4.78 is 13.6. The van der Waals surface area contributed by atoms with Gasteiger partial charge >= 0.3 is 0 Å². The number of nitrogens with two attached hydrogens (primary N) is 1. The molecule has 0 aliphatic heterocycles. The lowest BCUT2D eigenvalue weighted by Crippen LogP contribution is -1.81. The lowest BCUT2D eigenvalue weighted by atomic mass is 10.2. The molecule has 1 aromatic heterocycles. The highest BCUT2D eigenvalue weighted by molar-refractivity contribution is 7.22. The number of thiazole rings is 1. The van der Waals surface area contributed by atoms with E-state index in [1.54, 1.807) is 0 Å². The number of nitriles is 1. The van der Waals surface area contributed by atoms with E-state index in [1.807, 2.05) is 6.07 Å². The number of fused-ring (bicyclic) bond motifs is 1. The van der Waals surface area contributed by atoms with E-state index in [0.29, 0.717) is 15.3 Å². The summed E-state index contributed by atoms with van der Waals surface area (Å²) in [6.07, 6.45) is 0. The van der Waals surface area contributed by atoms with Crippen LogP contribution >= 0.6 is 11.3 Å². The average molecular weight is 193 g/mol. The van der Waals surface area contributed by atoms with Gasteiger partial charge in [-0.15, -0.1) is 0 Å².